The molecule has 0 saturated carbocycles. The standard InChI is InChI=1S/C20H30FNO2Si/c1-8-24-20(23)16-9-15-10-19(22-18(15)11-17(16)21)25(12(2)3,13(4)5)14(6)7/h9-14,22H,8H2,1-7H3. The monoisotopic (exact) mass is 363 g/mol. The van der Waals surface area contributed by atoms with Gasteiger partial charge in [0.25, 0.3) is 0 Å². The van der Waals surface area contributed by atoms with E-state index >= 15 is 0 Å². The minimum absolute atomic E-state index is 0.00538. The van der Waals surface area contributed by atoms with Crippen LogP contribution >= 0.6 is 0 Å². The topological polar surface area (TPSA) is 42.1 Å². The maximum absolute atomic E-state index is 14.4. The van der Waals surface area contributed by atoms with E-state index in [-0.39, 0.29) is 12.2 Å². The highest BCUT2D eigenvalue weighted by Gasteiger charge is 2.45. The third-order valence-corrected chi connectivity index (χ3v) is 12.5. The van der Waals surface area contributed by atoms with Crippen LogP contribution in [0.4, 0.5) is 4.39 Å². The van der Waals surface area contributed by atoms with Crippen molar-refractivity contribution in [1.29, 1.82) is 0 Å². The molecule has 2 rings (SSSR count). The first-order valence-electron chi connectivity index (χ1n) is 9.16. The molecule has 1 aromatic heterocycles. The summed E-state index contributed by atoms with van der Waals surface area (Å²) in [6, 6.07) is 5.16. The lowest BCUT2D eigenvalue weighted by atomic mass is 10.1. The van der Waals surface area contributed by atoms with Gasteiger partial charge in [0.2, 0.25) is 0 Å². The van der Waals surface area contributed by atoms with Crippen molar-refractivity contribution >= 4 is 30.3 Å². The largest absolute Gasteiger partial charge is 0.462 e. The van der Waals surface area contributed by atoms with Crippen molar-refractivity contribution in [2.45, 2.75) is 65.1 Å². The van der Waals surface area contributed by atoms with Crippen LogP contribution in [0.2, 0.25) is 16.6 Å². The van der Waals surface area contributed by atoms with Gasteiger partial charge in [0.1, 0.15) is 13.9 Å². The van der Waals surface area contributed by atoms with Gasteiger partial charge >= 0.3 is 5.97 Å². The number of hydrogen-bond donors (Lipinski definition) is 1. The molecule has 0 aliphatic heterocycles. The number of aromatic amines is 1. The number of fused-ring (bicyclic) bond motifs is 1. The fraction of sp³-hybridized carbons (Fsp3) is 0.550. The number of aromatic nitrogens is 1. The highest BCUT2D eigenvalue weighted by Crippen LogP contribution is 2.41. The van der Waals surface area contributed by atoms with E-state index in [9.17, 15) is 9.18 Å². The molecule has 1 aromatic carbocycles. The van der Waals surface area contributed by atoms with Crippen molar-refractivity contribution in [3.63, 3.8) is 0 Å². The maximum Gasteiger partial charge on any atom is 0.341 e. The van der Waals surface area contributed by atoms with E-state index in [1.807, 2.05) is 0 Å². The summed E-state index contributed by atoms with van der Waals surface area (Å²) in [5.74, 6) is -1.14. The van der Waals surface area contributed by atoms with Gasteiger partial charge in [-0.05, 0) is 41.7 Å². The molecule has 0 unspecified atom stereocenters. The average Bonchev–Trinajstić information content (AvgIpc) is 2.88. The lowest BCUT2D eigenvalue weighted by molar-refractivity contribution is 0.0521. The predicted molar refractivity (Wildman–Crippen MR) is 105 cm³/mol. The van der Waals surface area contributed by atoms with Crippen LogP contribution < -0.4 is 5.32 Å². The number of rotatable bonds is 6. The van der Waals surface area contributed by atoms with Crippen molar-refractivity contribution in [3.8, 4) is 0 Å². The average molecular weight is 364 g/mol. The van der Waals surface area contributed by atoms with Crippen LogP contribution in [0.15, 0.2) is 18.2 Å². The Morgan fingerprint density at radius 2 is 1.64 bits per heavy atom. The van der Waals surface area contributed by atoms with E-state index in [1.54, 1.807) is 13.0 Å². The number of carbonyl (C=O) groups excluding carboxylic acids is 1. The van der Waals surface area contributed by atoms with E-state index in [4.69, 9.17) is 4.74 Å². The summed E-state index contributed by atoms with van der Waals surface area (Å²) in [4.78, 5) is 15.5. The van der Waals surface area contributed by atoms with E-state index in [1.165, 1.54) is 11.4 Å². The van der Waals surface area contributed by atoms with Gasteiger partial charge < -0.3 is 9.72 Å². The van der Waals surface area contributed by atoms with Crippen molar-refractivity contribution in [2.75, 3.05) is 6.61 Å². The summed E-state index contributed by atoms with van der Waals surface area (Å²) < 4.78 is 19.3. The quantitative estimate of drug-likeness (QED) is 0.554. The first kappa shape index (κ1) is 19.7. The number of ether oxygens (including phenoxy) is 1. The summed E-state index contributed by atoms with van der Waals surface area (Å²) in [6.45, 7) is 15.7. The number of H-pyrrole nitrogens is 1. The van der Waals surface area contributed by atoms with Crippen molar-refractivity contribution in [2.24, 2.45) is 0 Å². The predicted octanol–water partition coefficient (Wildman–Crippen LogP) is 5.37. The Bertz CT molecular complexity index is 743. The minimum atomic E-state index is -1.86. The van der Waals surface area contributed by atoms with Crippen molar-refractivity contribution < 1.29 is 13.9 Å². The smallest absolute Gasteiger partial charge is 0.341 e. The molecule has 0 fully saturated rings. The molecule has 0 aliphatic carbocycles. The van der Waals surface area contributed by atoms with Gasteiger partial charge in [0, 0.05) is 16.2 Å². The highest BCUT2D eigenvalue weighted by molar-refractivity contribution is 6.94. The second kappa shape index (κ2) is 7.32. The Hall–Kier alpha value is -1.62. The third-order valence-electron chi connectivity index (χ3n) is 5.54. The molecule has 0 radical (unpaired) electrons. The number of benzene rings is 1. The van der Waals surface area contributed by atoms with Crippen LogP contribution in [0.5, 0.6) is 0 Å². The number of nitrogens with one attached hydrogen (secondary N) is 1. The molecule has 0 atom stereocenters. The number of hydrogen-bond acceptors (Lipinski definition) is 2. The summed E-state index contributed by atoms with van der Waals surface area (Å²) in [6.07, 6.45) is 0. The van der Waals surface area contributed by atoms with E-state index in [0.29, 0.717) is 16.6 Å². The molecule has 0 saturated heterocycles. The zero-order chi connectivity index (χ0) is 18.9. The first-order valence-corrected chi connectivity index (χ1v) is 11.4. The van der Waals surface area contributed by atoms with Gasteiger partial charge in [-0.2, -0.15) is 0 Å². The van der Waals surface area contributed by atoms with E-state index in [2.05, 4.69) is 52.6 Å². The van der Waals surface area contributed by atoms with Crippen molar-refractivity contribution in [3.05, 3.63) is 29.6 Å². The Morgan fingerprint density at radius 1 is 1.08 bits per heavy atom. The zero-order valence-corrected chi connectivity index (χ0v) is 17.4. The molecule has 1 N–H and O–H groups in total. The molecule has 5 heteroatoms. The third kappa shape index (κ3) is 3.26. The first-order chi connectivity index (χ1) is 11.7. The molecule has 0 spiro atoms. The van der Waals surface area contributed by atoms with Crippen LogP contribution in [0.25, 0.3) is 10.9 Å². The Morgan fingerprint density at radius 3 is 2.12 bits per heavy atom. The number of esters is 1. The SMILES string of the molecule is CCOC(=O)c1cc2cc([Si](C(C)C)(C(C)C)C(C)C)[nH]c2cc1F. The molecule has 0 aliphatic rings. The zero-order valence-electron chi connectivity index (χ0n) is 16.4. The fourth-order valence-electron chi connectivity index (χ4n) is 4.69. The Balaban J connectivity index is 2.65. The second-order valence-corrected chi connectivity index (χ2v) is 13.6. The molecular formula is C20H30FNO2Si. The molecule has 3 nitrogen and oxygen atoms in total. The van der Waals surface area contributed by atoms with Crippen LogP contribution in [0, 0.1) is 5.82 Å². The molecule has 25 heavy (non-hydrogen) atoms. The normalized spacial score (nSPS) is 12.6. The summed E-state index contributed by atoms with van der Waals surface area (Å²) in [5, 5.41) is 2.11. The molecule has 138 valence electrons. The second-order valence-electron chi connectivity index (χ2n) is 7.72. The Labute approximate surface area is 151 Å². The van der Waals surface area contributed by atoms with Crippen molar-refractivity contribution in [1.82, 2.24) is 4.98 Å². The van der Waals surface area contributed by atoms with Gasteiger partial charge in [-0.15, -0.1) is 0 Å². The van der Waals surface area contributed by atoms with E-state index in [0.717, 1.165) is 10.9 Å². The summed E-state index contributed by atoms with van der Waals surface area (Å²) >= 11 is 0. The van der Waals surface area contributed by atoms with Crippen LogP contribution in [0.1, 0.15) is 58.8 Å². The Kier molecular flexibility index (Phi) is 5.77. The van der Waals surface area contributed by atoms with Gasteiger partial charge in [-0.1, -0.05) is 41.5 Å². The molecule has 2 aromatic rings. The molecule has 1 heterocycles. The van der Waals surface area contributed by atoms with Crippen LogP contribution in [0.3, 0.4) is 0 Å². The fourth-order valence-corrected chi connectivity index (χ4v) is 11.3. The summed E-state index contributed by atoms with van der Waals surface area (Å²) in [5.41, 5.74) is 2.41. The van der Waals surface area contributed by atoms with Gasteiger partial charge in [-0.25, -0.2) is 9.18 Å². The van der Waals surface area contributed by atoms with Gasteiger partial charge in [0.05, 0.1) is 12.2 Å². The maximum atomic E-state index is 14.4. The van der Waals surface area contributed by atoms with Crippen LogP contribution in [-0.2, 0) is 4.74 Å². The number of halogens is 1. The van der Waals surface area contributed by atoms with E-state index < -0.39 is 19.9 Å². The summed E-state index contributed by atoms with van der Waals surface area (Å²) in [7, 11) is -1.86. The van der Waals surface area contributed by atoms with Gasteiger partial charge in [0.15, 0.2) is 0 Å². The molecule has 0 amide bonds. The van der Waals surface area contributed by atoms with Crippen LogP contribution in [-0.4, -0.2) is 25.6 Å². The molecular weight excluding hydrogens is 333 g/mol. The minimum Gasteiger partial charge on any atom is -0.462 e. The lowest BCUT2D eigenvalue weighted by Gasteiger charge is -2.42. The molecule has 0 bridgehead atoms. The van der Waals surface area contributed by atoms with Gasteiger partial charge in [-0.3, -0.25) is 0 Å². The highest BCUT2D eigenvalue weighted by atomic mass is 28.3. The lowest BCUT2D eigenvalue weighted by Crippen LogP contribution is -2.56. The number of carbonyl (C=O) groups is 1.